The molecular weight excluding hydrogens is 364 g/mol. The molecule has 0 saturated heterocycles. The zero-order valence-corrected chi connectivity index (χ0v) is 15.7. The second-order valence-corrected chi connectivity index (χ2v) is 6.93. The molecule has 0 aliphatic rings. The highest BCUT2D eigenvalue weighted by Gasteiger charge is 2.19. The Hall–Kier alpha value is -1.76. The number of hydrogen-bond donors (Lipinski definition) is 1. The third-order valence-electron chi connectivity index (χ3n) is 2.85. The Morgan fingerprint density at radius 1 is 1.30 bits per heavy atom. The molecule has 0 aliphatic heterocycles. The number of nitrogens with zero attached hydrogens (tertiary/aromatic N) is 1. The summed E-state index contributed by atoms with van der Waals surface area (Å²) in [6.07, 6.45) is -0.387. The number of esters is 1. The van der Waals surface area contributed by atoms with E-state index in [2.05, 4.69) is 21.2 Å². The molecule has 1 N–H and O–H groups in total. The van der Waals surface area contributed by atoms with Crippen LogP contribution in [0.2, 0.25) is 0 Å². The number of nitrogens with one attached hydrogen (secondary N) is 1. The lowest BCUT2D eigenvalue weighted by Gasteiger charge is -2.25. The van der Waals surface area contributed by atoms with E-state index in [1.807, 2.05) is 20.8 Å². The first-order chi connectivity index (χ1) is 10.6. The molecule has 0 bridgehead atoms. The quantitative estimate of drug-likeness (QED) is 0.784. The smallest absolute Gasteiger partial charge is 0.410 e. The van der Waals surface area contributed by atoms with E-state index in [9.17, 15) is 9.59 Å². The van der Waals surface area contributed by atoms with Crippen LogP contribution < -0.4 is 5.32 Å². The van der Waals surface area contributed by atoms with E-state index in [0.717, 1.165) is 4.47 Å². The summed E-state index contributed by atoms with van der Waals surface area (Å²) < 4.78 is 10.9. The summed E-state index contributed by atoms with van der Waals surface area (Å²) in [6, 6.07) is 5.24. The SMILES string of the molecule is COC(=O)c1ccc(Br)cc1NCCN(C)C(=O)OC(C)(C)C. The first-order valence-corrected chi connectivity index (χ1v) is 7.99. The lowest BCUT2D eigenvalue weighted by atomic mass is 10.2. The number of carbonyl (C=O) groups excluding carboxylic acids is 2. The van der Waals surface area contributed by atoms with Crippen LogP contribution in [0.15, 0.2) is 22.7 Å². The minimum atomic E-state index is -0.527. The van der Waals surface area contributed by atoms with Crippen LogP contribution >= 0.6 is 15.9 Å². The first kappa shape index (κ1) is 19.3. The predicted molar refractivity (Wildman–Crippen MR) is 92.8 cm³/mol. The van der Waals surface area contributed by atoms with Gasteiger partial charge in [-0.05, 0) is 39.0 Å². The van der Waals surface area contributed by atoms with Crippen molar-refractivity contribution in [1.82, 2.24) is 4.90 Å². The van der Waals surface area contributed by atoms with E-state index in [1.54, 1.807) is 25.2 Å². The molecule has 7 heteroatoms. The van der Waals surface area contributed by atoms with Crippen LogP contribution in [0.25, 0.3) is 0 Å². The highest BCUT2D eigenvalue weighted by molar-refractivity contribution is 9.10. The minimum Gasteiger partial charge on any atom is -0.465 e. The maximum absolute atomic E-state index is 11.9. The molecule has 0 spiro atoms. The van der Waals surface area contributed by atoms with Crippen molar-refractivity contribution in [1.29, 1.82) is 0 Å². The van der Waals surface area contributed by atoms with Gasteiger partial charge in [0.05, 0.1) is 12.7 Å². The number of carbonyl (C=O) groups is 2. The number of methoxy groups -OCH3 is 1. The van der Waals surface area contributed by atoms with Crippen molar-refractivity contribution in [2.45, 2.75) is 26.4 Å². The maximum atomic E-state index is 11.9. The van der Waals surface area contributed by atoms with Crippen molar-refractivity contribution >= 4 is 33.7 Å². The summed E-state index contributed by atoms with van der Waals surface area (Å²) in [5.74, 6) is -0.416. The molecular formula is C16H23BrN2O4. The van der Waals surface area contributed by atoms with E-state index in [1.165, 1.54) is 12.0 Å². The Bertz CT molecular complexity index is 570. The summed E-state index contributed by atoms with van der Waals surface area (Å²) in [5.41, 5.74) is 0.556. The van der Waals surface area contributed by atoms with Crippen LogP contribution in [0.4, 0.5) is 10.5 Å². The van der Waals surface area contributed by atoms with E-state index in [-0.39, 0.29) is 6.09 Å². The first-order valence-electron chi connectivity index (χ1n) is 7.20. The van der Waals surface area contributed by atoms with E-state index in [0.29, 0.717) is 24.3 Å². The van der Waals surface area contributed by atoms with Crippen LogP contribution in [0.5, 0.6) is 0 Å². The molecule has 1 aromatic carbocycles. The van der Waals surface area contributed by atoms with Gasteiger partial charge in [-0.25, -0.2) is 9.59 Å². The molecule has 1 amide bonds. The fraction of sp³-hybridized carbons (Fsp3) is 0.500. The van der Waals surface area contributed by atoms with Gasteiger partial charge in [0.2, 0.25) is 0 Å². The molecule has 128 valence electrons. The topological polar surface area (TPSA) is 67.9 Å². The average molecular weight is 387 g/mol. The lowest BCUT2D eigenvalue weighted by molar-refractivity contribution is 0.0305. The van der Waals surface area contributed by atoms with Gasteiger partial charge in [-0.15, -0.1) is 0 Å². The van der Waals surface area contributed by atoms with Crippen LogP contribution in [0.3, 0.4) is 0 Å². The second kappa shape index (κ2) is 8.19. The number of likely N-dealkylation sites (N-methyl/N-ethyl adjacent to an activating group) is 1. The number of ether oxygens (including phenoxy) is 2. The summed E-state index contributed by atoms with van der Waals surface area (Å²) in [6.45, 7) is 6.36. The summed E-state index contributed by atoms with van der Waals surface area (Å²) >= 11 is 3.37. The number of amides is 1. The highest BCUT2D eigenvalue weighted by atomic mass is 79.9. The van der Waals surface area contributed by atoms with Crippen molar-refractivity contribution in [3.63, 3.8) is 0 Å². The minimum absolute atomic E-state index is 0.387. The third-order valence-corrected chi connectivity index (χ3v) is 3.35. The van der Waals surface area contributed by atoms with E-state index in [4.69, 9.17) is 9.47 Å². The molecule has 0 aliphatic carbocycles. The van der Waals surface area contributed by atoms with Gasteiger partial charge in [-0.3, -0.25) is 0 Å². The second-order valence-electron chi connectivity index (χ2n) is 6.01. The van der Waals surface area contributed by atoms with Gasteiger partial charge in [0.15, 0.2) is 0 Å². The number of benzene rings is 1. The Labute approximate surface area is 145 Å². The van der Waals surface area contributed by atoms with Gasteiger partial charge >= 0.3 is 12.1 Å². The van der Waals surface area contributed by atoms with Gasteiger partial charge in [0, 0.05) is 30.3 Å². The number of halogens is 1. The molecule has 6 nitrogen and oxygen atoms in total. The zero-order valence-electron chi connectivity index (χ0n) is 14.1. The van der Waals surface area contributed by atoms with Gasteiger partial charge < -0.3 is 19.7 Å². The van der Waals surface area contributed by atoms with Crippen LogP contribution in [0, 0.1) is 0 Å². The summed E-state index contributed by atoms with van der Waals surface area (Å²) in [7, 11) is 3.00. The molecule has 0 aromatic heterocycles. The number of rotatable bonds is 5. The molecule has 1 aromatic rings. The molecule has 1 rings (SSSR count). The molecule has 0 saturated carbocycles. The Balaban J connectivity index is 2.63. The Kier molecular flexibility index (Phi) is 6.87. The number of hydrogen-bond acceptors (Lipinski definition) is 5. The van der Waals surface area contributed by atoms with Crippen molar-refractivity contribution < 1.29 is 19.1 Å². The standard InChI is InChI=1S/C16H23BrN2O4/c1-16(2,3)23-15(21)19(4)9-8-18-13-10-11(17)6-7-12(13)14(20)22-5/h6-7,10,18H,8-9H2,1-5H3. The number of anilines is 1. The van der Waals surface area contributed by atoms with E-state index >= 15 is 0 Å². The monoisotopic (exact) mass is 386 g/mol. The Morgan fingerprint density at radius 2 is 1.96 bits per heavy atom. The van der Waals surface area contributed by atoms with Crippen molar-refractivity contribution in [2.24, 2.45) is 0 Å². The summed E-state index contributed by atoms with van der Waals surface area (Å²) in [4.78, 5) is 25.1. The van der Waals surface area contributed by atoms with Gasteiger partial charge in [0.1, 0.15) is 5.60 Å². The summed E-state index contributed by atoms with van der Waals surface area (Å²) in [5, 5.41) is 3.14. The lowest BCUT2D eigenvalue weighted by Crippen LogP contribution is -2.36. The van der Waals surface area contributed by atoms with Crippen molar-refractivity contribution in [3.05, 3.63) is 28.2 Å². The third kappa shape index (κ3) is 6.48. The van der Waals surface area contributed by atoms with Gasteiger partial charge in [-0.1, -0.05) is 15.9 Å². The molecule has 0 fully saturated rings. The molecule has 0 radical (unpaired) electrons. The fourth-order valence-electron chi connectivity index (χ4n) is 1.74. The molecule has 0 unspecified atom stereocenters. The average Bonchev–Trinajstić information content (AvgIpc) is 2.44. The Morgan fingerprint density at radius 3 is 2.52 bits per heavy atom. The molecule has 0 heterocycles. The molecule has 0 atom stereocenters. The predicted octanol–water partition coefficient (Wildman–Crippen LogP) is 3.51. The van der Waals surface area contributed by atoms with Crippen molar-refractivity contribution in [2.75, 3.05) is 32.6 Å². The fourth-order valence-corrected chi connectivity index (χ4v) is 2.10. The van der Waals surface area contributed by atoms with Crippen LogP contribution in [-0.4, -0.2) is 49.8 Å². The molecule has 23 heavy (non-hydrogen) atoms. The van der Waals surface area contributed by atoms with Gasteiger partial charge in [-0.2, -0.15) is 0 Å². The highest BCUT2D eigenvalue weighted by Crippen LogP contribution is 2.22. The van der Waals surface area contributed by atoms with Crippen LogP contribution in [0.1, 0.15) is 31.1 Å². The normalized spacial score (nSPS) is 10.9. The van der Waals surface area contributed by atoms with Crippen molar-refractivity contribution in [3.8, 4) is 0 Å². The zero-order chi connectivity index (χ0) is 17.6. The van der Waals surface area contributed by atoms with E-state index < -0.39 is 11.6 Å². The largest absolute Gasteiger partial charge is 0.465 e. The van der Waals surface area contributed by atoms with Crippen LogP contribution in [-0.2, 0) is 9.47 Å². The maximum Gasteiger partial charge on any atom is 0.410 e. The van der Waals surface area contributed by atoms with Gasteiger partial charge in [0.25, 0.3) is 0 Å².